The van der Waals surface area contributed by atoms with E-state index in [9.17, 15) is 9.18 Å². The summed E-state index contributed by atoms with van der Waals surface area (Å²) in [5.41, 5.74) is 2.61. The number of methoxy groups -OCH3 is 1. The predicted octanol–water partition coefficient (Wildman–Crippen LogP) is 5.82. The zero-order valence-corrected chi connectivity index (χ0v) is 18.8. The first-order valence-electron chi connectivity index (χ1n) is 9.96. The second-order valence-electron chi connectivity index (χ2n) is 6.72. The third kappa shape index (κ3) is 6.88. The van der Waals surface area contributed by atoms with Crippen molar-refractivity contribution in [3.8, 4) is 5.75 Å². The van der Waals surface area contributed by atoms with Gasteiger partial charge in [0.05, 0.1) is 18.3 Å². The van der Waals surface area contributed by atoms with Crippen molar-refractivity contribution in [2.24, 2.45) is 4.99 Å². The summed E-state index contributed by atoms with van der Waals surface area (Å²) in [7, 11) is 1.61. The lowest BCUT2D eigenvalue weighted by Crippen LogP contribution is -2.09. The molecule has 0 aliphatic heterocycles. The van der Waals surface area contributed by atoms with Gasteiger partial charge >= 0.3 is 0 Å². The fraction of sp³-hybridized carbons (Fsp3) is 0.375. The van der Waals surface area contributed by atoms with Crippen molar-refractivity contribution in [3.05, 3.63) is 64.5 Å². The van der Waals surface area contributed by atoms with Gasteiger partial charge in [-0.3, -0.25) is 10.2 Å². The van der Waals surface area contributed by atoms with Gasteiger partial charge in [0, 0.05) is 23.9 Å². The molecule has 0 aromatic heterocycles. The van der Waals surface area contributed by atoms with Crippen molar-refractivity contribution in [2.45, 2.75) is 54.3 Å². The maximum atomic E-state index is 14.0. The summed E-state index contributed by atoms with van der Waals surface area (Å²) in [6.45, 7) is 11.4. The Hall–Kier alpha value is -2.86. The molecule has 5 nitrogen and oxygen atoms in total. The molecule has 0 aliphatic carbocycles. The van der Waals surface area contributed by atoms with E-state index in [0.29, 0.717) is 17.9 Å². The van der Waals surface area contributed by atoms with Gasteiger partial charge in [-0.15, -0.1) is 0 Å². The average Bonchev–Trinajstić information content (AvgIpc) is 2.70. The van der Waals surface area contributed by atoms with E-state index in [2.05, 4.69) is 4.99 Å². The van der Waals surface area contributed by atoms with Crippen LogP contribution in [0, 0.1) is 11.2 Å². The van der Waals surface area contributed by atoms with Gasteiger partial charge in [-0.1, -0.05) is 19.9 Å². The Labute approximate surface area is 178 Å². The summed E-state index contributed by atoms with van der Waals surface area (Å²) in [4.78, 5) is 15.6. The monoisotopic (exact) mass is 414 g/mol. The van der Waals surface area contributed by atoms with Crippen LogP contribution in [0.25, 0.3) is 0 Å². The maximum Gasteiger partial charge on any atom is 0.162 e. The molecule has 2 rings (SSSR count). The van der Waals surface area contributed by atoms with Crippen LogP contribution < -0.4 is 4.74 Å². The number of ether oxygens (including phenoxy) is 2. The van der Waals surface area contributed by atoms with Gasteiger partial charge in [0.1, 0.15) is 11.6 Å². The zero-order valence-electron chi connectivity index (χ0n) is 18.8. The molecule has 0 saturated heterocycles. The molecular formula is C24H31FN2O3. The lowest BCUT2D eigenvalue weighted by Gasteiger charge is -2.15. The number of hydrogen-bond donors (Lipinski definition) is 1. The summed E-state index contributed by atoms with van der Waals surface area (Å²) in [5.74, 6) is -0.350. The number of benzene rings is 2. The van der Waals surface area contributed by atoms with Crippen LogP contribution in [0.2, 0.25) is 0 Å². The topological polar surface area (TPSA) is 71.7 Å². The number of Topliss-reactive ketones (excluding diaryl/α,β-unsaturated/α-hetero) is 1. The Bertz CT molecular complexity index is 921. The second-order valence-corrected chi connectivity index (χ2v) is 6.72. The molecule has 2 aromatic carbocycles. The van der Waals surface area contributed by atoms with Crippen LogP contribution in [0.5, 0.6) is 5.75 Å². The molecule has 0 amide bonds. The molecule has 0 saturated carbocycles. The molecular weight excluding hydrogens is 383 g/mol. The first-order chi connectivity index (χ1) is 14.2. The summed E-state index contributed by atoms with van der Waals surface area (Å²) in [6, 6.07) is 9.69. The van der Waals surface area contributed by atoms with Gasteiger partial charge in [0.15, 0.2) is 11.6 Å². The summed E-state index contributed by atoms with van der Waals surface area (Å²) in [6.07, 6.45) is 0.0391. The number of nitrogens with zero attached hydrogens (tertiary/aromatic N) is 1. The van der Waals surface area contributed by atoms with Crippen molar-refractivity contribution in [2.75, 3.05) is 7.11 Å². The normalized spacial score (nSPS) is 11.0. The number of carbonyl (C=O) groups excluding carboxylic acids is 1. The SMILES string of the molecule is CC.COCc1cc(C(C)=NC(=N)c2ccc(C(C)=O)c(F)c2)ccc1OC(C)C. The van der Waals surface area contributed by atoms with Crippen LogP contribution in [0.4, 0.5) is 4.39 Å². The first-order valence-corrected chi connectivity index (χ1v) is 9.96. The highest BCUT2D eigenvalue weighted by atomic mass is 19.1. The number of carbonyl (C=O) groups is 1. The van der Waals surface area contributed by atoms with Crippen molar-refractivity contribution < 1.29 is 18.7 Å². The predicted molar refractivity (Wildman–Crippen MR) is 120 cm³/mol. The lowest BCUT2D eigenvalue weighted by atomic mass is 10.1. The van der Waals surface area contributed by atoms with Crippen molar-refractivity contribution in [3.63, 3.8) is 0 Å². The molecule has 2 aromatic rings. The molecule has 0 aliphatic rings. The Morgan fingerprint density at radius 1 is 1.10 bits per heavy atom. The van der Waals surface area contributed by atoms with Gasteiger partial charge in [-0.25, -0.2) is 9.38 Å². The average molecular weight is 415 g/mol. The maximum absolute atomic E-state index is 14.0. The Balaban J connectivity index is 0.00000218. The highest BCUT2D eigenvalue weighted by Crippen LogP contribution is 2.23. The van der Waals surface area contributed by atoms with Crippen molar-refractivity contribution in [1.82, 2.24) is 0 Å². The fourth-order valence-corrected chi connectivity index (χ4v) is 2.69. The molecule has 0 heterocycles. The van der Waals surface area contributed by atoms with Crippen molar-refractivity contribution >= 4 is 17.3 Å². The van der Waals surface area contributed by atoms with E-state index in [0.717, 1.165) is 22.9 Å². The third-order valence-electron chi connectivity index (χ3n) is 4.04. The highest BCUT2D eigenvalue weighted by molar-refractivity contribution is 6.10. The van der Waals surface area contributed by atoms with Gasteiger partial charge in [0.25, 0.3) is 0 Å². The lowest BCUT2D eigenvalue weighted by molar-refractivity contribution is 0.101. The summed E-state index contributed by atoms with van der Waals surface area (Å²) < 4.78 is 25.1. The summed E-state index contributed by atoms with van der Waals surface area (Å²) >= 11 is 0. The van der Waals surface area contributed by atoms with Crippen LogP contribution in [-0.2, 0) is 11.3 Å². The van der Waals surface area contributed by atoms with E-state index >= 15 is 0 Å². The highest BCUT2D eigenvalue weighted by Gasteiger charge is 2.12. The minimum Gasteiger partial charge on any atom is -0.491 e. The van der Waals surface area contributed by atoms with Gasteiger partial charge in [-0.2, -0.15) is 0 Å². The van der Waals surface area contributed by atoms with Gasteiger partial charge < -0.3 is 9.47 Å². The molecule has 6 heteroatoms. The van der Waals surface area contributed by atoms with E-state index in [-0.39, 0.29) is 23.3 Å². The molecule has 0 fully saturated rings. The minimum absolute atomic E-state index is 0.00204. The van der Waals surface area contributed by atoms with Crippen LogP contribution in [-0.4, -0.2) is 30.5 Å². The van der Waals surface area contributed by atoms with E-state index < -0.39 is 5.82 Å². The van der Waals surface area contributed by atoms with E-state index in [1.165, 1.54) is 19.1 Å². The summed E-state index contributed by atoms with van der Waals surface area (Å²) in [5, 5.41) is 8.16. The van der Waals surface area contributed by atoms with Crippen LogP contribution in [0.3, 0.4) is 0 Å². The fourth-order valence-electron chi connectivity index (χ4n) is 2.69. The third-order valence-corrected chi connectivity index (χ3v) is 4.04. The van der Waals surface area contributed by atoms with Crippen LogP contribution in [0.15, 0.2) is 41.4 Å². The largest absolute Gasteiger partial charge is 0.491 e. The molecule has 0 spiro atoms. The molecule has 0 bridgehead atoms. The molecule has 1 N–H and O–H groups in total. The molecule has 30 heavy (non-hydrogen) atoms. The number of hydrogen-bond acceptors (Lipinski definition) is 4. The smallest absolute Gasteiger partial charge is 0.162 e. The number of ketones is 1. The Kier molecular flexibility index (Phi) is 10.1. The minimum atomic E-state index is -0.653. The van der Waals surface area contributed by atoms with Gasteiger partial charge in [0.2, 0.25) is 0 Å². The van der Waals surface area contributed by atoms with E-state index in [1.54, 1.807) is 14.0 Å². The Morgan fingerprint density at radius 3 is 2.27 bits per heavy atom. The zero-order chi connectivity index (χ0) is 22.8. The Morgan fingerprint density at radius 2 is 1.73 bits per heavy atom. The number of rotatable bonds is 7. The number of halogens is 1. The number of aliphatic imine (C=N–C) groups is 1. The first kappa shape index (κ1) is 25.2. The molecule has 162 valence electrons. The second kappa shape index (κ2) is 12.0. The molecule has 0 radical (unpaired) electrons. The quantitative estimate of drug-likeness (QED) is 0.352. The molecule has 0 unspecified atom stereocenters. The molecule has 0 atom stereocenters. The standard InChI is InChI=1S/C22H25FN2O3.C2H6/c1-13(2)28-21-9-7-16(10-18(21)12-27-5)14(3)25-22(24)17-6-8-19(15(4)26)20(23)11-17;1-2/h6-11,13,24H,12H2,1-5H3;1-2H3. The van der Waals surface area contributed by atoms with E-state index in [1.807, 2.05) is 45.9 Å². The number of nitrogens with one attached hydrogen (secondary N) is 1. The van der Waals surface area contributed by atoms with Crippen LogP contribution in [0.1, 0.15) is 68.6 Å². The van der Waals surface area contributed by atoms with Crippen LogP contribution >= 0.6 is 0 Å². The van der Waals surface area contributed by atoms with E-state index in [4.69, 9.17) is 14.9 Å². The van der Waals surface area contributed by atoms with Gasteiger partial charge in [-0.05, 0) is 63.6 Å². The van der Waals surface area contributed by atoms with Crippen molar-refractivity contribution in [1.29, 1.82) is 5.41 Å². The number of amidine groups is 1.